The molecule has 1 aliphatic rings. The molecule has 0 aliphatic carbocycles. The van der Waals surface area contributed by atoms with Crippen molar-refractivity contribution in [2.45, 2.75) is 26.4 Å². The Bertz CT molecular complexity index is 1010. The molecule has 0 saturated carbocycles. The summed E-state index contributed by atoms with van der Waals surface area (Å²) in [4.78, 5) is 50.0. The number of halogens is 1. The second-order valence-electron chi connectivity index (χ2n) is 7.03. The number of rotatable bonds is 6. The molecule has 156 valence electrons. The van der Waals surface area contributed by atoms with Gasteiger partial charge in [-0.2, -0.15) is 0 Å². The van der Waals surface area contributed by atoms with Gasteiger partial charge in [0.25, 0.3) is 5.91 Å². The van der Waals surface area contributed by atoms with Crippen molar-refractivity contribution in [2.24, 2.45) is 5.92 Å². The van der Waals surface area contributed by atoms with Crippen LogP contribution in [0.25, 0.3) is 0 Å². The molecular formula is C22H21FN2O5. The number of ketones is 1. The third-order valence-electron chi connectivity index (χ3n) is 4.83. The number of esters is 1. The van der Waals surface area contributed by atoms with Gasteiger partial charge in [-0.1, -0.05) is 24.3 Å². The fourth-order valence-corrected chi connectivity index (χ4v) is 3.23. The first-order valence-corrected chi connectivity index (χ1v) is 9.44. The summed E-state index contributed by atoms with van der Waals surface area (Å²) in [5.41, 5.74) is 0.760. The van der Waals surface area contributed by atoms with Crippen molar-refractivity contribution in [3.63, 3.8) is 0 Å². The minimum absolute atomic E-state index is 0.0277. The number of nitrogens with one attached hydrogen (secondary N) is 1. The van der Waals surface area contributed by atoms with Gasteiger partial charge in [0.1, 0.15) is 5.82 Å². The maximum Gasteiger partial charge on any atom is 0.312 e. The van der Waals surface area contributed by atoms with Crippen molar-refractivity contribution in [3.8, 4) is 0 Å². The molecule has 1 aliphatic heterocycles. The Morgan fingerprint density at radius 1 is 1.13 bits per heavy atom. The molecule has 3 rings (SSSR count). The molecule has 0 aromatic heterocycles. The number of hydrogen-bond acceptors (Lipinski definition) is 5. The van der Waals surface area contributed by atoms with E-state index in [9.17, 15) is 23.6 Å². The van der Waals surface area contributed by atoms with Crippen LogP contribution in [0.3, 0.4) is 0 Å². The molecule has 30 heavy (non-hydrogen) atoms. The summed E-state index contributed by atoms with van der Waals surface area (Å²) in [7, 11) is 0. The Morgan fingerprint density at radius 3 is 2.50 bits per heavy atom. The first kappa shape index (κ1) is 21.2. The van der Waals surface area contributed by atoms with Gasteiger partial charge in [-0.3, -0.25) is 19.2 Å². The van der Waals surface area contributed by atoms with Gasteiger partial charge in [-0.25, -0.2) is 4.39 Å². The molecule has 2 atom stereocenters. The Kier molecular flexibility index (Phi) is 6.25. The zero-order valence-electron chi connectivity index (χ0n) is 16.6. The van der Waals surface area contributed by atoms with E-state index in [0.29, 0.717) is 11.3 Å². The van der Waals surface area contributed by atoms with E-state index in [-0.39, 0.29) is 24.4 Å². The number of amides is 2. The number of benzene rings is 2. The van der Waals surface area contributed by atoms with Crippen LogP contribution in [0.15, 0.2) is 48.5 Å². The summed E-state index contributed by atoms with van der Waals surface area (Å²) in [5.74, 6) is -3.30. The predicted octanol–water partition coefficient (Wildman–Crippen LogP) is 2.95. The minimum atomic E-state index is -1.14. The van der Waals surface area contributed by atoms with Gasteiger partial charge >= 0.3 is 5.97 Å². The summed E-state index contributed by atoms with van der Waals surface area (Å²) < 4.78 is 19.2. The first-order chi connectivity index (χ1) is 14.3. The van der Waals surface area contributed by atoms with Crippen molar-refractivity contribution >= 4 is 34.9 Å². The molecular weight excluding hydrogens is 391 g/mol. The number of carbonyl (C=O) groups is 4. The van der Waals surface area contributed by atoms with Gasteiger partial charge in [0, 0.05) is 18.5 Å². The fourth-order valence-electron chi connectivity index (χ4n) is 3.23. The molecule has 0 spiro atoms. The van der Waals surface area contributed by atoms with Crippen LogP contribution < -0.4 is 10.2 Å². The zero-order valence-corrected chi connectivity index (χ0v) is 16.6. The van der Waals surface area contributed by atoms with Gasteiger partial charge in [0.15, 0.2) is 11.9 Å². The minimum Gasteiger partial charge on any atom is -0.452 e. The maximum absolute atomic E-state index is 14.0. The molecule has 0 bridgehead atoms. The quantitative estimate of drug-likeness (QED) is 0.582. The van der Waals surface area contributed by atoms with Crippen LogP contribution in [0.1, 0.15) is 30.6 Å². The average molecular weight is 412 g/mol. The van der Waals surface area contributed by atoms with Crippen LogP contribution in [-0.4, -0.2) is 36.2 Å². The summed E-state index contributed by atoms with van der Waals surface area (Å²) in [5, 5.41) is 2.57. The number of anilines is 2. The molecule has 0 unspecified atom stereocenters. The predicted molar refractivity (Wildman–Crippen MR) is 107 cm³/mol. The molecule has 2 aromatic carbocycles. The Morgan fingerprint density at radius 2 is 1.80 bits per heavy atom. The van der Waals surface area contributed by atoms with Gasteiger partial charge in [-0.15, -0.1) is 0 Å². The summed E-state index contributed by atoms with van der Waals surface area (Å²) >= 11 is 0. The largest absolute Gasteiger partial charge is 0.452 e. The molecule has 1 N–H and O–H groups in total. The van der Waals surface area contributed by atoms with Crippen LogP contribution in [-0.2, 0) is 19.1 Å². The van der Waals surface area contributed by atoms with Crippen molar-refractivity contribution in [1.82, 2.24) is 0 Å². The second-order valence-corrected chi connectivity index (χ2v) is 7.03. The SMILES string of the molecule is CC(=O)c1ccccc1NC(=O)[C@@H](C)OC(=O)[C@@H]1CC(=O)N(c2ccccc2F)C1. The van der Waals surface area contributed by atoms with E-state index in [1.165, 1.54) is 36.9 Å². The number of Topliss-reactive ketones (excluding diaryl/α,β-unsaturated/α-hetero) is 1. The summed E-state index contributed by atoms with van der Waals surface area (Å²) in [6.07, 6.45) is -1.27. The van der Waals surface area contributed by atoms with Crippen LogP contribution in [0.5, 0.6) is 0 Å². The monoisotopic (exact) mass is 412 g/mol. The molecule has 2 amide bonds. The Hall–Kier alpha value is -3.55. The molecule has 8 heteroatoms. The van der Waals surface area contributed by atoms with E-state index in [2.05, 4.69) is 5.32 Å². The van der Waals surface area contributed by atoms with Gasteiger partial charge in [0.05, 0.1) is 17.3 Å². The average Bonchev–Trinajstić information content (AvgIpc) is 3.10. The van der Waals surface area contributed by atoms with Crippen LogP contribution in [0, 0.1) is 11.7 Å². The summed E-state index contributed by atoms with van der Waals surface area (Å²) in [6, 6.07) is 12.3. The number of nitrogens with zero attached hydrogens (tertiary/aromatic N) is 1. The molecule has 7 nitrogen and oxygen atoms in total. The van der Waals surface area contributed by atoms with Crippen LogP contribution >= 0.6 is 0 Å². The van der Waals surface area contributed by atoms with E-state index >= 15 is 0 Å². The van der Waals surface area contributed by atoms with Crippen LogP contribution in [0.2, 0.25) is 0 Å². The van der Waals surface area contributed by atoms with Gasteiger partial charge < -0.3 is 15.0 Å². The first-order valence-electron chi connectivity index (χ1n) is 9.44. The lowest BCUT2D eigenvalue weighted by Crippen LogP contribution is -2.33. The lowest BCUT2D eigenvalue weighted by atomic mass is 10.1. The Balaban J connectivity index is 1.62. The number of ether oxygens (including phenoxy) is 1. The number of carbonyl (C=O) groups excluding carboxylic acids is 4. The standard InChI is InChI=1S/C22H21FN2O5/c1-13(26)16-7-3-5-9-18(16)24-21(28)14(2)30-22(29)15-11-20(27)25(12-15)19-10-6-4-8-17(19)23/h3-10,14-15H,11-12H2,1-2H3,(H,24,28)/t14-,15-/m1/s1. The fraction of sp³-hybridized carbons (Fsp3) is 0.273. The molecule has 1 saturated heterocycles. The molecule has 1 fully saturated rings. The van der Waals surface area contributed by atoms with Crippen molar-refractivity contribution < 1.29 is 28.3 Å². The smallest absolute Gasteiger partial charge is 0.312 e. The number of hydrogen-bond donors (Lipinski definition) is 1. The highest BCUT2D eigenvalue weighted by molar-refractivity contribution is 6.05. The maximum atomic E-state index is 14.0. The molecule has 0 radical (unpaired) electrons. The zero-order chi connectivity index (χ0) is 21.8. The summed E-state index contributed by atoms with van der Waals surface area (Å²) in [6.45, 7) is 2.75. The second kappa shape index (κ2) is 8.86. The number of para-hydroxylation sites is 2. The topological polar surface area (TPSA) is 92.8 Å². The van der Waals surface area contributed by atoms with E-state index in [0.717, 1.165) is 0 Å². The Labute approximate surface area is 172 Å². The lowest BCUT2D eigenvalue weighted by molar-refractivity contribution is -0.157. The van der Waals surface area contributed by atoms with E-state index in [4.69, 9.17) is 4.74 Å². The third-order valence-corrected chi connectivity index (χ3v) is 4.83. The molecule has 1 heterocycles. The van der Waals surface area contributed by atoms with E-state index in [1.54, 1.807) is 30.3 Å². The molecule has 2 aromatic rings. The highest BCUT2D eigenvalue weighted by Gasteiger charge is 2.38. The van der Waals surface area contributed by atoms with Crippen molar-refractivity contribution in [1.29, 1.82) is 0 Å². The van der Waals surface area contributed by atoms with Crippen molar-refractivity contribution in [2.75, 3.05) is 16.8 Å². The van der Waals surface area contributed by atoms with Gasteiger partial charge in [0.2, 0.25) is 5.91 Å². The highest BCUT2D eigenvalue weighted by atomic mass is 19.1. The third kappa shape index (κ3) is 4.53. The van der Waals surface area contributed by atoms with Crippen molar-refractivity contribution in [3.05, 3.63) is 59.9 Å². The highest BCUT2D eigenvalue weighted by Crippen LogP contribution is 2.28. The van der Waals surface area contributed by atoms with Gasteiger partial charge in [-0.05, 0) is 38.1 Å². The lowest BCUT2D eigenvalue weighted by Gasteiger charge is -2.18. The van der Waals surface area contributed by atoms with E-state index in [1.807, 2.05) is 0 Å². The van der Waals surface area contributed by atoms with Crippen LogP contribution in [0.4, 0.5) is 15.8 Å². The van der Waals surface area contributed by atoms with E-state index < -0.39 is 35.6 Å². The normalized spacial score (nSPS) is 16.8.